The first-order valence-corrected chi connectivity index (χ1v) is 7.52. The van der Waals surface area contributed by atoms with Gasteiger partial charge >= 0.3 is 0 Å². The Kier molecular flexibility index (Phi) is 4.40. The van der Waals surface area contributed by atoms with Crippen LogP contribution in [0.1, 0.15) is 25.1 Å². The molecule has 0 amide bonds. The first-order valence-electron chi connectivity index (χ1n) is 6.17. The van der Waals surface area contributed by atoms with E-state index >= 15 is 0 Å². The molecule has 98 valence electrons. The van der Waals surface area contributed by atoms with E-state index in [-0.39, 0.29) is 0 Å². The van der Waals surface area contributed by atoms with Crippen LogP contribution in [0.4, 0.5) is 5.82 Å². The van der Waals surface area contributed by atoms with Gasteiger partial charge in [-0.1, -0.05) is 0 Å². The van der Waals surface area contributed by atoms with E-state index < -0.39 is 0 Å². The van der Waals surface area contributed by atoms with Crippen molar-refractivity contribution in [1.82, 2.24) is 9.97 Å². The molecule has 0 aliphatic heterocycles. The second-order valence-electron chi connectivity index (χ2n) is 4.60. The smallest absolute Gasteiger partial charge is 0.141 e. The van der Waals surface area contributed by atoms with Crippen molar-refractivity contribution in [2.24, 2.45) is 0 Å². The summed E-state index contributed by atoms with van der Waals surface area (Å²) in [7, 11) is 0. The molecule has 0 N–H and O–H groups in total. The molecule has 0 unspecified atom stereocenters. The van der Waals surface area contributed by atoms with Crippen molar-refractivity contribution < 1.29 is 0 Å². The zero-order valence-electron chi connectivity index (χ0n) is 11.0. The highest BCUT2D eigenvalue weighted by atomic mass is 35.5. The average molecular weight is 284 g/mol. The topological polar surface area (TPSA) is 29.0 Å². The van der Waals surface area contributed by atoms with Crippen molar-refractivity contribution in [3.8, 4) is 0 Å². The van der Waals surface area contributed by atoms with Crippen LogP contribution in [0.25, 0.3) is 10.2 Å². The van der Waals surface area contributed by atoms with Gasteiger partial charge in [0.25, 0.3) is 0 Å². The van der Waals surface area contributed by atoms with Gasteiger partial charge in [0.15, 0.2) is 0 Å². The fraction of sp³-hybridized carbons (Fsp3) is 0.538. The average Bonchev–Trinajstić information content (AvgIpc) is 2.70. The van der Waals surface area contributed by atoms with E-state index in [1.165, 1.54) is 4.88 Å². The van der Waals surface area contributed by atoms with E-state index in [1.54, 1.807) is 17.7 Å². The molecule has 0 saturated heterocycles. The van der Waals surface area contributed by atoms with Gasteiger partial charge in [0.2, 0.25) is 0 Å². The molecule has 0 aromatic carbocycles. The van der Waals surface area contributed by atoms with Gasteiger partial charge in [0.05, 0.1) is 5.39 Å². The monoisotopic (exact) mass is 283 g/mol. The molecule has 0 radical (unpaired) electrons. The molecule has 0 bridgehead atoms. The highest BCUT2D eigenvalue weighted by Gasteiger charge is 2.16. The number of hydrogen-bond donors (Lipinski definition) is 0. The Balaban J connectivity index is 2.42. The largest absolute Gasteiger partial charge is 0.354 e. The molecule has 18 heavy (non-hydrogen) atoms. The van der Waals surface area contributed by atoms with E-state index in [2.05, 4.69) is 41.7 Å². The number of rotatable bonds is 5. The molecule has 0 fully saturated rings. The lowest BCUT2D eigenvalue weighted by atomic mass is 10.2. The van der Waals surface area contributed by atoms with Crippen molar-refractivity contribution in [2.45, 2.75) is 33.2 Å². The molecule has 0 aliphatic rings. The van der Waals surface area contributed by atoms with Crippen LogP contribution in [0.5, 0.6) is 0 Å². The van der Waals surface area contributed by atoms with Crippen LogP contribution in [-0.2, 0) is 0 Å². The number of aromatic nitrogens is 2. The van der Waals surface area contributed by atoms with Crippen molar-refractivity contribution in [2.75, 3.05) is 17.3 Å². The first-order chi connectivity index (χ1) is 8.63. The number of hydrogen-bond acceptors (Lipinski definition) is 4. The lowest BCUT2D eigenvalue weighted by Gasteiger charge is -2.28. The molecule has 0 spiro atoms. The fourth-order valence-corrected chi connectivity index (χ4v) is 2.99. The van der Waals surface area contributed by atoms with Crippen LogP contribution in [0.2, 0.25) is 0 Å². The lowest BCUT2D eigenvalue weighted by Crippen LogP contribution is -2.32. The summed E-state index contributed by atoms with van der Waals surface area (Å²) in [5.74, 6) is 1.71. The lowest BCUT2D eigenvalue weighted by molar-refractivity contribution is 0.666. The minimum Gasteiger partial charge on any atom is -0.354 e. The molecular weight excluding hydrogens is 266 g/mol. The third-order valence-electron chi connectivity index (χ3n) is 2.86. The van der Waals surface area contributed by atoms with Crippen molar-refractivity contribution in [1.29, 1.82) is 0 Å². The van der Waals surface area contributed by atoms with Gasteiger partial charge in [-0.15, -0.1) is 22.9 Å². The third kappa shape index (κ3) is 2.75. The fourth-order valence-electron chi connectivity index (χ4n) is 2.03. The maximum Gasteiger partial charge on any atom is 0.141 e. The van der Waals surface area contributed by atoms with Crippen LogP contribution in [0, 0.1) is 6.92 Å². The number of thiophene rings is 1. The molecule has 2 heterocycles. The molecule has 5 heteroatoms. The van der Waals surface area contributed by atoms with Gasteiger partial charge in [-0.3, -0.25) is 0 Å². The van der Waals surface area contributed by atoms with E-state index in [0.29, 0.717) is 11.9 Å². The molecule has 0 atom stereocenters. The maximum atomic E-state index is 5.80. The Labute approximate surface area is 117 Å². The zero-order valence-corrected chi connectivity index (χ0v) is 12.6. The van der Waals surface area contributed by atoms with Gasteiger partial charge in [-0.2, -0.15) is 0 Å². The molecule has 2 rings (SSSR count). The summed E-state index contributed by atoms with van der Waals surface area (Å²) in [6.45, 7) is 7.40. The number of halogens is 1. The molecule has 2 aromatic rings. The second-order valence-corrected chi connectivity index (χ2v) is 6.22. The SMILES string of the molecule is Cc1cc2c(N(CCCCl)C(C)C)ncnc2s1. The van der Waals surface area contributed by atoms with Gasteiger partial charge < -0.3 is 4.90 Å². The maximum absolute atomic E-state index is 5.80. The number of fused-ring (bicyclic) bond motifs is 1. The number of nitrogens with zero attached hydrogens (tertiary/aromatic N) is 3. The summed E-state index contributed by atoms with van der Waals surface area (Å²) in [5.41, 5.74) is 0. The van der Waals surface area contributed by atoms with Crippen molar-refractivity contribution >= 4 is 39.0 Å². The minimum atomic E-state index is 0.409. The summed E-state index contributed by atoms with van der Waals surface area (Å²) >= 11 is 7.52. The Bertz CT molecular complexity index is 524. The zero-order chi connectivity index (χ0) is 13.1. The summed E-state index contributed by atoms with van der Waals surface area (Å²) < 4.78 is 0. The Morgan fingerprint density at radius 2 is 2.17 bits per heavy atom. The van der Waals surface area contributed by atoms with Crippen LogP contribution in [0.3, 0.4) is 0 Å². The molecule has 0 saturated carbocycles. The number of aryl methyl sites for hydroxylation is 1. The van der Waals surface area contributed by atoms with Gasteiger partial charge in [-0.05, 0) is 33.3 Å². The normalized spacial score (nSPS) is 11.4. The van der Waals surface area contributed by atoms with Crippen molar-refractivity contribution in [3.63, 3.8) is 0 Å². The number of anilines is 1. The van der Waals surface area contributed by atoms with E-state index in [0.717, 1.165) is 29.0 Å². The van der Waals surface area contributed by atoms with Crippen molar-refractivity contribution in [3.05, 3.63) is 17.3 Å². The summed E-state index contributed by atoms with van der Waals surface area (Å²) in [6.07, 6.45) is 2.62. The van der Waals surface area contributed by atoms with Gasteiger partial charge in [0, 0.05) is 23.3 Å². The molecule has 3 nitrogen and oxygen atoms in total. The Hall–Kier alpha value is -0.870. The molecule has 0 aliphatic carbocycles. The van der Waals surface area contributed by atoms with E-state index in [1.807, 2.05) is 0 Å². The van der Waals surface area contributed by atoms with E-state index in [4.69, 9.17) is 11.6 Å². The Morgan fingerprint density at radius 1 is 1.39 bits per heavy atom. The summed E-state index contributed by atoms with van der Waals surface area (Å²) in [5, 5.41) is 1.16. The predicted molar refractivity (Wildman–Crippen MR) is 80.0 cm³/mol. The first kappa shape index (κ1) is 13.6. The highest BCUT2D eigenvalue weighted by Crippen LogP contribution is 2.30. The van der Waals surface area contributed by atoms with E-state index in [9.17, 15) is 0 Å². The minimum absolute atomic E-state index is 0.409. The van der Waals surface area contributed by atoms with Crippen LogP contribution < -0.4 is 4.90 Å². The van der Waals surface area contributed by atoms with Crippen LogP contribution in [0.15, 0.2) is 12.4 Å². The predicted octanol–water partition coefficient (Wildman–Crippen LogP) is 3.84. The standard InChI is InChI=1S/C13H18ClN3S/c1-9(2)17(6-4-5-14)12-11-7-10(3)18-13(11)16-8-15-12/h7-9H,4-6H2,1-3H3. The second kappa shape index (κ2) is 5.85. The van der Waals surface area contributed by atoms with Gasteiger partial charge in [-0.25, -0.2) is 9.97 Å². The highest BCUT2D eigenvalue weighted by molar-refractivity contribution is 7.18. The number of alkyl halides is 1. The molecule has 2 aromatic heterocycles. The summed E-state index contributed by atoms with van der Waals surface area (Å²) in [4.78, 5) is 13.5. The third-order valence-corrected chi connectivity index (χ3v) is 4.09. The van der Waals surface area contributed by atoms with Gasteiger partial charge in [0.1, 0.15) is 17.0 Å². The Morgan fingerprint density at radius 3 is 2.83 bits per heavy atom. The molecular formula is C13H18ClN3S. The van der Waals surface area contributed by atoms with Crippen LogP contribution >= 0.6 is 22.9 Å². The van der Waals surface area contributed by atoms with Crippen LogP contribution in [-0.4, -0.2) is 28.4 Å². The summed E-state index contributed by atoms with van der Waals surface area (Å²) in [6, 6.07) is 2.58. The quantitative estimate of drug-likeness (QED) is 0.781.